The summed E-state index contributed by atoms with van der Waals surface area (Å²) in [6.07, 6.45) is -2.68. The van der Waals surface area contributed by atoms with E-state index in [-0.39, 0.29) is 30.9 Å². The summed E-state index contributed by atoms with van der Waals surface area (Å²) in [5, 5.41) is 2.67. The summed E-state index contributed by atoms with van der Waals surface area (Å²) in [7, 11) is 0. The van der Waals surface area contributed by atoms with Gasteiger partial charge in [-0.3, -0.25) is 9.59 Å². The molecule has 8 heteroatoms. The van der Waals surface area contributed by atoms with Gasteiger partial charge in [-0.25, -0.2) is 0 Å². The molecule has 0 aromatic heterocycles. The van der Waals surface area contributed by atoms with Gasteiger partial charge in [-0.05, 0) is 32.6 Å². The highest BCUT2D eigenvalue weighted by atomic mass is 19.4. The van der Waals surface area contributed by atoms with Gasteiger partial charge >= 0.3 is 6.18 Å². The summed E-state index contributed by atoms with van der Waals surface area (Å²) in [5.74, 6) is -0.416. The number of rotatable bonds is 5. The molecule has 1 saturated heterocycles. The van der Waals surface area contributed by atoms with Crippen LogP contribution in [0.1, 0.15) is 26.7 Å². The average Bonchev–Trinajstić information content (AvgIpc) is 3.12. The highest BCUT2D eigenvalue weighted by Crippen LogP contribution is 2.38. The van der Waals surface area contributed by atoms with Crippen LogP contribution in [0.25, 0.3) is 0 Å². The fourth-order valence-electron chi connectivity index (χ4n) is 2.53. The number of ether oxygens (including phenoxy) is 1. The molecular formula is C13H19F3N2O3. The van der Waals surface area contributed by atoms with Crippen molar-refractivity contribution in [2.24, 2.45) is 5.92 Å². The van der Waals surface area contributed by atoms with Crippen LogP contribution in [0.2, 0.25) is 0 Å². The molecule has 1 atom stereocenters. The van der Waals surface area contributed by atoms with E-state index in [1.807, 2.05) is 0 Å². The Balaban J connectivity index is 1.98. The molecule has 21 heavy (non-hydrogen) atoms. The molecule has 1 heterocycles. The van der Waals surface area contributed by atoms with Crippen molar-refractivity contribution in [2.45, 2.75) is 44.4 Å². The third-order valence-corrected chi connectivity index (χ3v) is 3.65. The van der Waals surface area contributed by atoms with Crippen LogP contribution in [-0.4, -0.2) is 54.2 Å². The second-order valence-corrected chi connectivity index (χ2v) is 6.06. The molecule has 1 unspecified atom stereocenters. The summed E-state index contributed by atoms with van der Waals surface area (Å²) < 4.78 is 40.6. The number of alkyl halides is 3. The van der Waals surface area contributed by atoms with Crippen molar-refractivity contribution in [1.29, 1.82) is 0 Å². The van der Waals surface area contributed by atoms with Crippen molar-refractivity contribution in [3.05, 3.63) is 0 Å². The third kappa shape index (κ3) is 3.87. The predicted molar refractivity (Wildman–Crippen MR) is 67.3 cm³/mol. The molecule has 1 saturated carbocycles. The average molecular weight is 308 g/mol. The van der Waals surface area contributed by atoms with Gasteiger partial charge in [0.25, 0.3) is 0 Å². The first kappa shape index (κ1) is 16.1. The first-order valence-electron chi connectivity index (χ1n) is 6.89. The third-order valence-electron chi connectivity index (χ3n) is 3.65. The summed E-state index contributed by atoms with van der Waals surface area (Å²) in [5.41, 5.74) is -1.04. The Labute approximate surface area is 120 Å². The molecule has 0 spiro atoms. The molecule has 0 bridgehead atoms. The van der Waals surface area contributed by atoms with Gasteiger partial charge in [-0.1, -0.05) is 0 Å². The van der Waals surface area contributed by atoms with Crippen LogP contribution in [0.3, 0.4) is 0 Å². The molecule has 2 rings (SSSR count). The quantitative estimate of drug-likeness (QED) is 0.773. The fourth-order valence-corrected chi connectivity index (χ4v) is 2.53. The Bertz CT molecular complexity index is 433. The largest absolute Gasteiger partial charge is 0.411 e. The zero-order chi connectivity index (χ0) is 15.8. The number of piperazine rings is 1. The topological polar surface area (TPSA) is 58.6 Å². The minimum Gasteiger partial charge on any atom is -0.370 e. The second kappa shape index (κ2) is 5.47. The number of amides is 2. The van der Waals surface area contributed by atoms with Gasteiger partial charge in [0.2, 0.25) is 11.8 Å². The van der Waals surface area contributed by atoms with Crippen LogP contribution in [0.5, 0.6) is 0 Å². The van der Waals surface area contributed by atoms with E-state index in [9.17, 15) is 22.8 Å². The Hall–Kier alpha value is -1.31. The fraction of sp³-hybridized carbons (Fsp3) is 0.846. The van der Waals surface area contributed by atoms with Crippen LogP contribution >= 0.6 is 0 Å². The van der Waals surface area contributed by atoms with Gasteiger partial charge in [-0.15, -0.1) is 0 Å². The van der Waals surface area contributed by atoms with Crippen molar-refractivity contribution in [2.75, 3.05) is 19.8 Å². The Kier molecular flexibility index (Phi) is 4.19. The molecule has 2 aliphatic rings. The number of nitrogens with one attached hydrogen (secondary N) is 1. The molecule has 0 aromatic rings. The lowest BCUT2D eigenvalue weighted by Crippen LogP contribution is -2.69. The van der Waals surface area contributed by atoms with Crippen molar-refractivity contribution in [1.82, 2.24) is 10.2 Å². The monoisotopic (exact) mass is 308 g/mol. The maximum atomic E-state index is 12.4. The molecule has 1 N–H and O–H groups in total. The lowest BCUT2D eigenvalue weighted by Gasteiger charge is -2.43. The molecule has 0 radical (unpaired) electrons. The van der Waals surface area contributed by atoms with Crippen LogP contribution in [-0.2, 0) is 14.3 Å². The minimum absolute atomic E-state index is 0.00701. The standard InChI is InChI=1S/C13H19F3N2O3/c1-12(2)11(20)18(5-6-21-7-13(14,15)16)9(8-3-4-8)10(19)17-12/h8-9H,3-7H2,1-2H3,(H,17,19). The molecule has 1 aliphatic carbocycles. The van der Waals surface area contributed by atoms with Crippen LogP contribution < -0.4 is 5.32 Å². The van der Waals surface area contributed by atoms with Gasteiger partial charge < -0.3 is 15.0 Å². The van der Waals surface area contributed by atoms with E-state index in [2.05, 4.69) is 10.1 Å². The number of hydrogen-bond acceptors (Lipinski definition) is 3. The van der Waals surface area contributed by atoms with Gasteiger partial charge in [-0.2, -0.15) is 13.2 Å². The Morgan fingerprint density at radius 1 is 1.33 bits per heavy atom. The lowest BCUT2D eigenvalue weighted by molar-refractivity contribution is -0.176. The van der Waals surface area contributed by atoms with Crippen LogP contribution in [0, 0.1) is 5.92 Å². The highest BCUT2D eigenvalue weighted by Gasteiger charge is 2.50. The van der Waals surface area contributed by atoms with Gasteiger partial charge in [0, 0.05) is 6.54 Å². The van der Waals surface area contributed by atoms with Crippen LogP contribution in [0.4, 0.5) is 13.2 Å². The molecular weight excluding hydrogens is 289 g/mol. The summed E-state index contributed by atoms with van der Waals surface area (Å²) in [6.45, 7) is 1.57. The van der Waals surface area contributed by atoms with Gasteiger partial charge in [0.1, 0.15) is 18.2 Å². The number of carbonyl (C=O) groups is 2. The van der Waals surface area contributed by atoms with Crippen molar-refractivity contribution in [3.63, 3.8) is 0 Å². The maximum absolute atomic E-state index is 12.4. The summed E-state index contributed by atoms with van der Waals surface area (Å²) in [4.78, 5) is 25.8. The molecule has 120 valence electrons. The minimum atomic E-state index is -4.39. The molecule has 2 amide bonds. The molecule has 5 nitrogen and oxygen atoms in total. The van der Waals surface area contributed by atoms with E-state index < -0.39 is 24.4 Å². The van der Waals surface area contributed by atoms with E-state index in [4.69, 9.17) is 0 Å². The van der Waals surface area contributed by atoms with E-state index in [1.165, 1.54) is 4.90 Å². The highest BCUT2D eigenvalue weighted by molar-refractivity contribution is 5.99. The zero-order valence-corrected chi connectivity index (χ0v) is 12.0. The normalized spacial score (nSPS) is 26.0. The van der Waals surface area contributed by atoms with Crippen molar-refractivity contribution in [3.8, 4) is 0 Å². The van der Waals surface area contributed by atoms with E-state index in [0.717, 1.165) is 12.8 Å². The Morgan fingerprint density at radius 2 is 1.95 bits per heavy atom. The van der Waals surface area contributed by atoms with Crippen molar-refractivity contribution >= 4 is 11.8 Å². The van der Waals surface area contributed by atoms with Gasteiger partial charge in [0.05, 0.1) is 6.61 Å². The number of nitrogens with zero attached hydrogens (tertiary/aromatic N) is 1. The maximum Gasteiger partial charge on any atom is 0.411 e. The number of hydrogen-bond donors (Lipinski definition) is 1. The smallest absolute Gasteiger partial charge is 0.370 e. The van der Waals surface area contributed by atoms with Crippen molar-refractivity contribution < 1.29 is 27.5 Å². The van der Waals surface area contributed by atoms with Gasteiger partial charge in [0.15, 0.2) is 0 Å². The first-order chi connectivity index (χ1) is 9.62. The van der Waals surface area contributed by atoms with Crippen LogP contribution in [0.15, 0.2) is 0 Å². The zero-order valence-electron chi connectivity index (χ0n) is 12.0. The second-order valence-electron chi connectivity index (χ2n) is 6.06. The first-order valence-corrected chi connectivity index (χ1v) is 6.89. The molecule has 2 fully saturated rings. The molecule has 0 aromatic carbocycles. The van der Waals surface area contributed by atoms with E-state index in [1.54, 1.807) is 13.8 Å². The number of halogens is 3. The Morgan fingerprint density at radius 3 is 2.48 bits per heavy atom. The SMILES string of the molecule is CC1(C)NC(=O)C(C2CC2)N(CCOCC(F)(F)F)C1=O. The lowest BCUT2D eigenvalue weighted by atomic mass is 9.95. The predicted octanol–water partition coefficient (Wildman–Crippen LogP) is 1.08. The summed E-state index contributed by atoms with van der Waals surface area (Å²) >= 11 is 0. The summed E-state index contributed by atoms with van der Waals surface area (Å²) in [6, 6.07) is -0.583. The van der Waals surface area contributed by atoms with E-state index >= 15 is 0 Å². The molecule has 1 aliphatic heterocycles. The number of carbonyl (C=O) groups excluding carboxylic acids is 2. The van der Waals surface area contributed by atoms with E-state index in [0.29, 0.717) is 0 Å².